The maximum Gasteiger partial charge on any atom is 0.393 e. The molecule has 0 aromatic carbocycles. The van der Waals surface area contributed by atoms with Crippen LogP contribution in [0.4, 0.5) is 13.2 Å². The Morgan fingerprint density at radius 1 is 0.958 bits per heavy atom. The van der Waals surface area contributed by atoms with E-state index in [1.807, 2.05) is 48.6 Å². The van der Waals surface area contributed by atoms with E-state index in [1.54, 1.807) is 0 Å². The van der Waals surface area contributed by atoms with Crippen molar-refractivity contribution in [1.82, 2.24) is 10.2 Å². The van der Waals surface area contributed by atoms with Gasteiger partial charge in [-0.15, -0.1) is 0 Å². The SMILES string of the molecule is CC.CC.CC.CCCCCN(C)CCC1CC(C(F)(F)F)CN1. The maximum atomic E-state index is 12.5. The lowest BCUT2D eigenvalue weighted by molar-refractivity contribution is -0.169. The number of hydrogen-bond acceptors (Lipinski definition) is 2. The van der Waals surface area contributed by atoms with Gasteiger partial charge in [0.05, 0.1) is 5.92 Å². The molecule has 1 fully saturated rings. The summed E-state index contributed by atoms with van der Waals surface area (Å²) < 4.78 is 37.5. The van der Waals surface area contributed by atoms with Crippen LogP contribution in [0.5, 0.6) is 0 Å². The number of alkyl halides is 3. The van der Waals surface area contributed by atoms with E-state index in [2.05, 4.69) is 17.1 Å². The second kappa shape index (κ2) is 19.0. The second-order valence-corrected chi connectivity index (χ2v) is 5.38. The molecule has 0 radical (unpaired) electrons. The molecule has 0 amide bonds. The van der Waals surface area contributed by atoms with Crippen molar-refractivity contribution >= 4 is 0 Å². The molecule has 0 bridgehead atoms. The molecular weight excluding hydrogens is 313 g/mol. The molecule has 0 spiro atoms. The Hall–Kier alpha value is -0.290. The van der Waals surface area contributed by atoms with Crippen molar-refractivity contribution in [1.29, 1.82) is 0 Å². The van der Waals surface area contributed by atoms with Crippen molar-refractivity contribution in [2.45, 2.75) is 92.8 Å². The van der Waals surface area contributed by atoms with Gasteiger partial charge in [-0.25, -0.2) is 0 Å². The number of hydrogen-bond donors (Lipinski definition) is 1. The summed E-state index contributed by atoms with van der Waals surface area (Å²) in [6.45, 7) is 16.2. The van der Waals surface area contributed by atoms with Crippen LogP contribution in [-0.4, -0.2) is 43.8 Å². The first-order chi connectivity index (χ1) is 11.4. The van der Waals surface area contributed by atoms with E-state index in [0.29, 0.717) is 0 Å². The van der Waals surface area contributed by atoms with Crippen molar-refractivity contribution in [2.75, 3.05) is 26.7 Å². The van der Waals surface area contributed by atoms with Crippen molar-refractivity contribution < 1.29 is 13.2 Å². The topological polar surface area (TPSA) is 15.3 Å². The standard InChI is InChI=1S/C13H25F3N2.3C2H6/c1-3-4-5-7-18(2)8-6-12-9-11(10-17-12)13(14,15)16;3*1-2/h11-12,17H,3-10H2,1-2H3;3*1-2H3. The van der Waals surface area contributed by atoms with Crippen molar-refractivity contribution in [3.63, 3.8) is 0 Å². The highest BCUT2D eigenvalue weighted by molar-refractivity contribution is 4.85. The van der Waals surface area contributed by atoms with Crippen LogP contribution >= 0.6 is 0 Å². The fraction of sp³-hybridized carbons (Fsp3) is 1.00. The van der Waals surface area contributed by atoms with Crippen molar-refractivity contribution in [2.24, 2.45) is 5.92 Å². The molecule has 1 saturated heterocycles. The molecule has 1 aliphatic heterocycles. The Bertz CT molecular complexity index is 233. The monoisotopic (exact) mass is 356 g/mol. The Kier molecular flexibility index (Phi) is 22.6. The summed E-state index contributed by atoms with van der Waals surface area (Å²) in [5.74, 6) is -1.15. The van der Waals surface area contributed by atoms with E-state index in [9.17, 15) is 13.2 Å². The fourth-order valence-electron chi connectivity index (χ4n) is 2.41. The van der Waals surface area contributed by atoms with Gasteiger partial charge in [0.25, 0.3) is 0 Å². The summed E-state index contributed by atoms with van der Waals surface area (Å²) in [7, 11) is 2.05. The van der Waals surface area contributed by atoms with Gasteiger partial charge in [-0.3, -0.25) is 0 Å². The Labute approximate surface area is 149 Å². The summed E-state index contributed by atoms with van der Waals surface area (Å²) in [6, 6.07) is 0.0326. The first-order valence-corrected chi connectivity index (χ1v) is 9.92. The van der Waals surface area contributed by atoms with Crippen LogP contribution in [0.3, 0.4) is 0 Å². The Balaban J connectivity index is -0.000000659. The predicted molar refractivity (Wildman–Crippen MR) is 102 cm³/mol. The highest BCUT2D eigenvalue weighted by Crippen LogP contribution is 2.33. The minimum absolute atomic E-state index is 0.0326. The highest BCUT2D eigenvalue weighted by Gasteiger charge is 2.43. The van der Waals surface area contributed by atoms with Crippen LogP contribution in [0.15, 0.2) is 0 Å². The lowest BCUT2D eigenvalue weighted by Crippen LogP contribution is -2.29. The van der Waals surface area contributed by atoms with Gasteiger partial charge in [-0.1, -0.05) is 61.3 Å². The van der Waals surface area contributed by atoms with Crippen LogP contribution in [0.25, 0.3) is 0 Å². The van der Waals surface area contributed by atoms with Gasteiger partial charge in [0.2, 0.25) is 0 Å². The van der Waals surface area contributed by atoms with Crippen LogP contribution < -0.4 is 5.32 Å². The van der Waals surface area contributed by atoms with Crippen LogP contribution in [0, 0.1) is 5.92 Å². The zero-order chi connectivity index (χ0) is 19.6. The fourth-order valence-corrected chi connectivity index (χ4v) is 2.41. The van der Waals surface area contributed by atoms with Gasteiger partial charge >= 0.3 is 6.18 Å². The van der Waals surface area contributed by atoms with E-state index >= 15 is 0 Å². The van der Waals surface area contributed by atoms with Gasteiger partial charge in [0, 0.05) is 12.6 Å². The van der Waals surface area contributed by atoms with Crippen molar-refractivity contribution in [3.05, 3.63) is 0 Å². The molecule has 0 aromatic heterocycles. The molecule has 24 heavy (non-hydrogen) atoms. The zero-order valence-corrected chi connectivity index (χ0v) is 17.4. The van der Waals surface area contributed by atoms with Gasteiger partial charge in [0.15, 0.2) is 0 Å². The van der Waals surface area contributed by atoms with Crippen LogP contribution in [-0.2, 0) is 0 Å². The molecule has 1 heterocycles. The number of nitrogens with zero attached hydrogens (tertiary/aromatic N) is 1. The smallest absolute Gasteiger partial charge is 0.313 e. The van der Waals surface area contributed by atoms with E-state index in [-0.39, 0.29) is 19.0 Å². The van der Waals surface area contributed by atoms with Gasteiger partial charge < -0.3 is 10.2 Å². The molecule has 2 unspecified atom stereocenters. The number of unbranched alkanes of at least 4 members (excludes halogenated alkanes) is 2. The molecule has 5 heteroatoms. The molecule has 0 aliphatic carbocycles. The molecule has 0 saturated carbocycles. The summed E-state index contributed by atoms with van der Waals surface area (Å²) in [5.41, 5.74) is 0. The maximum absolute atomic E-state index is 12.5. The normalized spacial score (nSPS) is 19.5. The summed E-state index contributed by atoms with van der Waals surface area (Å²) in [4.78, 5) is 2.22. The molecule has 1 N–H and O–H groups in total. The summed E-state index contributed by atoms with van der Waals surface area (Å²) in [5, 5.41) is 2.99. The van der Waals surface area contributed by atoms with Gasteiger partial charge in [0.1, 0.15) is 0 Å². The lowest BCUT2D eigenvalue weighted by Gasteiger charge is -2.19. The predicted octanol–water partition coefficient (Wildman–Crippen LogP) is 6.12. The minimum Gasteiger partial charge on any atom is -0.313 e. The molecule has 150 valence electrons. The molecular formula is C19H43F3N2. The molecule has 1 aliphatic rings. The molecule has 2 nitrogen and oxygen atoms in total. The van der Waals surface area contributed by atoms with E-state index < -0.39 is 12.1 Å². The van der Waals surface area contributed by atoms with E-state index in [0.717, 1.165) is 19.5 Å². The summed E-state index contributed by atoms with van der Waals surface area (Å²) >= 11 is 0. The first-order valence-electron chi connectivity index (χ1n) is 9.92. The molecule has 0 aromatic rings. The number of rotatable bonds is 7. The quantitative estimate of drug-likeness (QED) is 0.553. The van der Waals surface area contributed by atoms with Crippen LogP contribution in [0.1, 0.15) is 80.6 Å². The third-order valence-corrected chi connectivity index (χ3v) is 3.69. The lowest BCUT2D eigenvalue weighted by atomic mass is 10.0. The van der Waals surface area contributed by atoms with Gasteiger partial charge in [-0.05, 0) is 39.4 Å². The Morgan fingerprint density at radius 2 is 1.50 bits per heavy atom. The third kappa shape index (κ3) is 15.3. The molecule has 1 rings (SSSR count). The number of nitrogens with one attached hydrogen (secondary N) is 1. The van der Waals surface area contributed by atoms with Crippen LogP contribution in [0.2, 0.25) is 0 Å². The van der Waals surface area contributed by atoms with E-state index in [1.165, 1.54) is 19.3 Å². The molecule has 2 atom stereocenters. The Morgan fingerprint density at radius 3 is 1.92 bits per heavy atom. The van der Waals surface area contributed by atoms with E-state index in [4.69, 9.17) is 0 Å². The highest BCUT2D eigenvalue weighted by atomic mass is 19.4. The first kappa shape index (κ1) is 28.5. The average molecular weight is 357 g/mol. The average Bonchev–Trinajstić information content (AvgIpc) is 3.08. The van der Waals surface area contributed by atoms with Gasteiger partial charge in [-0.2, -0.15) is 13.2 Å². The second-order valence-electron chi connectivity index (χ2n) is 5.38. The minimum atomic E-state index is -4.03. The zero-order valence-electron chi connectivity index (χ0n) is 17.4. The number of halogens is 3. The summed E-state index contributed by atoms with van der Waals surface area (Å²) in [6.07, 6.45) is 0.625. The third-order valence-electron chi connectivity index (χ3n) is 3.69. The van der Waals surface area contributed by atoms with Crippen molar-refractivity contribution in [3.8, 4) is 0 Å². The largest absolute Gasteiger partial charge is 0.393 e.